The standard InChI is InChI=1S/C24H25FN4O6/c1-32-15-3-4-19-17(6-15)16(18(25)9-27-19)7-20(30)24-34-10-14(11-35-24)26-8-13-2-5-21-23(28-13)29-22(31)12-33-21/h2-6,9,14,20,24,26,30H,7-8,10-12H2,1H3,(H,28,29,31)/t14-,20-,24-/m0/s1. The molecule has 11 heteroatoms. The van der Waals surface area contributed by atoms with Gasteiger partial charge in [-0.1, -0.05) is 0 Å². The highest BCUT2D eigenvalue weighted by Gasteiger charge is 2.29. The molecule has 2 aliphatic heterocycles. The second-order valence-corrected chi connectivity index (χ2v) is 8.34. The Balaban J connectivity index is 1.16. The minimum absolute atomic E-state index is 0.00633. The van der Waals surface area contributed by atoms with Gasteiger partial charge in [0.25, 0.3) is 5.91 Å². The maximum absolute atomic E-state index is 14.6. The van der Waals surface area contributed by atoms with E-state index < -0.39 is 18.2 Å². The minimum atomic E-state index is -1.08. The number of anilines is 1. The Bertz CT molecular complexity index is 1230. The normalized spacial score (nSPS) is 20.6. The Labute approximate surface area is 200 Å². The quantitative estimate of drug-likeness (QED) is 0.458. The molecule has 2 aliphatic rings. The van der Waals surface area contributed by atoms with Crippen LogP contribution in [0.2, 0.25) is 0 Å². The van der Waals surface area contributed by atoms with E-state index in [0.29, 0.717) is 59.2 Å². The number of hydrogen-bond donors (Lipinski definition) is 3. The van der Waals surface area contributed by atoms with Crippen molar-refractivity contribution in [2.45, 2.75) is 31.4 Å². The topological polar surface area (TPSA) is 124 Å². The van der Waals surface area contributed by atoms with Crippen molar-refractivity contribution in [1.82, 2.24) is 15.3 Å². The van der Waals surface area contributed by atoms with Crippen LogP contribution in [-0.4, -0.2) is 66.3 Å². The summed E-state index contributed by atoms with van der Waals surface area (Å²) < 4.78 is 36.6. The number of methoxy groups -OCH3 is 1. The van der Waals surface area contributed by atoms with E-state index in [4.69, 9.17) is 18.9 Å². The molecular weight excluding hydrogens is 459 g/mol. The molecule has 184 valence electrons. The molecule has 0 bridgehead atoms. The lowest BCUT2D eigenvalue weighted by Gasteiger charge is -2.32. The van der Waals surface area contributed by atoms with Gasteiger partial charge in [0.05, 0.1) is 43.8 Å². The summed E-state index contributed by atoms with van der Waals surface area (Å²) in [7, 11) is 1.53. The molecule has 10 nitrogen and oxygen atoms in total. The summed E-state index contributed by atoms with van der Waals surface area (Å²) in [6.45, 7) is 0.984. The van der Waals surface area contributed by atoms with Gasteiger partial charge in [0.15, 0.2) is 24.5 Å². The lowest BCUT2D eigenvalue weighted by Crippen LogP contribution is -2.48. The van der Waals surface area contributed by atoms with Gasteiger partial charge in [-0.05, 0) is 30.3 Å². The molecule has 0 radical (unpaired) electrons. The first-order valence-electron chi connectivity index (χ1n) is 11.2. The van der Waals surface area contributed by atoms with Crippen molar-refractivity contribution < 1.29 is 33.2 Å². The van der Waals surface area contributed by atoms with E-state index in [9.17, 15) is 14.3 Å². The molecule has 3 N–H and O–H groups in total. The first kappa shape index (κ1) is 23.4. The summed E-state index contributed by atoms with van der Waals surface area (Å²) >= 11 is 0. The number of aliphatic hydroxyl groups excluding tert-OH is 1. The fraction of sp³-hybridized carbons (Fsp3) is 0.375. The molecule has 3 aromatic rings. The average molecular weight is 484 g/mol. The number of nitrogens with zero attached hydrogens (tertiary/aromatic N) is 2. The fourth-order valence-electron chi connectivity index (χ4n) is 4.05. The van der Waals surface area contributed by atoms with E-state index in [-0.39, 0.29) is 25.0 Å². The van der Waals surface area contributed by atoms with Crippen LogP contribution in [0.5, 0.6) is 11.5 Å². The van der Waals surface area contributed by atoms with E-state index in [1.54, 1.807) is 24.3 Å². The van der Waals surface area contributed by atoms with Crippen molar-refractivity contribution in [3.8, 4) is 11.5 Å². The Kier molecular flexibility index (Phi) is 6.73. The summed E-state index contributed by atoms with van der Waals surface area (Å²) in [5.41, 5.74) is 1.64. The smallest absolute Gasteiger partial charge is 0.263 e. The molecule has 35 heavy (non-hydrogen) atoms. The number of halogens is 1. The van der Waals surface area contributed by atoms with Crippen LogP contribution in [0, 0.1) is 5.82 Å². The SMILES string of the molecule is COc1ccc2ncc(F)c(C[C@H](O)[C@H]3OC[C@H](NCc4ccc5c(n4)NC(=O)CO5)CO3)c2c1. The largest absolute Gasteiger partial charge is 0.497 e. The van der Waals surface area contributed by atoms with E-state index in [1.165, 1.54) is 7.11 Å². The van der Waals surface area contributed by atoms with Gasteiger partial charge in [-0.2, -0.15) is 0 Å². The molecule has 0 spiro atoms. The van der Waals surface area contributed by atoms with Crippen molar-refractivity contribution in [2.24, 2.45) is 0 Å². The third kappa shape index (κ3) is 5.17. The van der Waals surface area contributed by atoms with Gasteiger partial charge in [-0.15, -0.1) is 0 Å². The van der Waals surface area contributed by atoms with E-state index in [1.807, 2.05) is 6.07 Å². The number of rotatable bonds is 7. The fourth-order valence-corrected chi connectivity index (χ4v) is 4.05. The van der Waals surface area contributed by atoms with Crippen molar-refractivity contribution in [3.05, 3.63) is 53.6 Å². The van der Waals surface area contributed by atoms with Crippen molar-refractivity contribution >= 4 is 22.6 Å². The molecular formula is C24H25FN4O6. The number of carbonyl (C=O) groups excluding carboxylic acids is 1. The van der Waals surface area contributed by atoms with Crippen LogP contribution >= 0.6 is 0 Å². The minimum Gasteiger partial charge on any atom is -0.497 e. The lowest BCUT2D eigenvalue weighted by atomic mass is 10.0. The Morgan fingerprint density at radius 3 is 2.91 bits per heavy atom. The van der Waals surface area contributed by atoms with Crippen LogP contribution in [-0.2, 0) is 27.2 Å². The van der Waals surface area contributed by atoms with Gasteiger partial charge in [0.2, 0.25) is 0 Å². The van der Waals surface area contributed by atoms with E-state index in [0.717, 1.165) is 6.20 Å². The maximum Gasteiger partial charge on any atom is 0.263 e. The van der Waals surface area contributed by atoms with Crippen molar-refractivity contribution in [1.29, 1.82) is 0 Å². The first-order chi connectivity index (χ1) is 17.0. The van der Waals surface area contributed by atoms with Crippen LogP contribution in [0.1, 0.15) is 11.3 Å². The summed E-state index contributed by atoms with van der Waals surface area (Å²) in [6.07, 6.45) is -0.831. The summed E-state index contributed by atoms with van der Waals surface area (Å²) in [4.78, 5) is 20.0. The average Bonchev–Trinajstić information content (AvgIpc) is 2.88. The number of carbonyl (C=O) groups is 1. The third-order valence-electron chi connectivity index (χ3n) is 5.89. The molecule has 1 fully saturated rings. The van der Waals surface area contributed by atoms with Crippen LogP contribution in [0.4, 0.5) is 10.2 Å². The van der Waals surface area contributed by atoms with Crippen LogP contribution in [0.3, 0.4) is 0 Å². The van der Waals surface area contributed by atoms with Gasteiger partial charge in [-0.3, -0.25) is 9.78 Å². The zero-order valence-electron chi connectivity index (χ0n) is 19.0. The van der Waals surface area contributed by atoms with Crippen LogP contribution < -0.4 is 20.1 Å². The zero-order chi connectivity index (χ0) is 24.4. The number of nitrogens with one attached hydrogen (secondary N) is 2. The van der Waals surface area contributed by atoms with Crippen LogP contribution in [0.25, 0.3) is 10.9 Å². The number of aromatic nitrogens is 2. The van der Waals surface area contributed by atoms with Crippen LogP contribution in [0.15, 0.2) is 36.5 Å². The number of ether oxygens (including phenoxy) is 4. The lowest BCUT2D eigenvalue weighted by molar-refractivity contribution is -0.230. The number of hydrogen-bond acceptors (Lipinski definition) is 9. The molecule has 1 amide bonds. The Morgan fingerprint density at radius 2 is 2.11 bits per heavy atom. The monoisotopic (exact) mass is 484 g/mol. The second-order valence-electron chi connectivity index (χ2n) is 8.34. The number of fused-ring (bicyclic) bond motifs is 2. The molecule has 5 rings (SSSR count). The van der Waals surface area contributed by atoms with Gasteiger partial charge in [0.1, 0.15) is 17.7 Å². The molecule has 1 aromatic carbocycles. The molecule has 1 saturated heterocycles. The highest BCUT2D eigenvalue weighted by molar-refractivity contribution is 5.94. The number of aliphatic hydroxyl groups is 1. The number of benzene rings is 1. The molecule has 1 atom stereocenters. The molecule has 2 aromatic heterocycles. The molecule has 0 saturated carbocycles. The second kappa shape index (κ2) is 10.1. The van der Waals surface area contributed by atoms with Gasteiger partial charge in [-0.25, -0.2) is 9.37 Å². The van der Waals surface area contributed by atoms with Gasteiger partial charge >= 0.3 is 0 Å². The van der Waals surface area contributed by atoms with Gasteiger partial charge in [0, 0.05) is 23.9 Å². The molecule has 0 unspecified atom stereocenters. The molecule has 4 heterocycles. The molecule has 0 aliphatic carbocycles. The maximum atomic E-state index is 14.6. The predicted molar refractivity (Wildman–Crippen MR) is 123 cm³/mol. The highest BCUT2D eigenvalue weighted by atomic mass is 19.1. The number of pyridine rings is 2. The van der Waals surface area contributed by atoms with Crippen molar-refractivity contribution in [3.63, 3.8) is 0 Å². The number of amides is 1. The zero-order valence-corrected chi connectivity index (χ0v) is 19.0. The first-order valence-corrected chi connectivity index (χ1v) is 11.2. The van der Waals surface area contributed by atoms with E-state index in [2.05, 4.69) is 20.6 Å². The van der Waals surface area contributed by atoms with E-state index >= 15 is 0 Å². The van der Waals surface area contributed by atoms with Crippen molar-refractivity contribution in [2.75, 3.05) is 32.2 Å². The Hall–Kier alpha value is -3.38. The Morgan fingerprint density at radius 1 is 1.29 bits per heavy atom. The third-order valence-corrected chi connectivity index (χ3v) is 5.89. The summed E-state index contributed by atoms with van der Waals surface area (Å²) in [6, 6.07) is 8.62. The van der Waals surface area contributed by atoms with Gasteiger partial charge < -0.3 is 34.7 Å². The summed E-state index contributed by atoms with van der Waals surface area (Å²) in [5, 5.41) is 17.2. The summed E-state index contributed by atoms with van der Waals surface area (Å²) in [5.74, 6) is 0.745. The predicted octanol–water partition coefficient (Wildman–Crippen LogP) is 1.54. The highest BCUT2D eigenvalue weighted by Crippen LogP contribution is 2.27.